The average molecular weight is 294 g/mol. The summed E-state index contributed by atoms with van der Waals surface area (Å²) in [6.07, 6.45) is 22.8. The standard InChI is InChI=1S/C19H34O2/c1-2-3-4-5-6-7-8-9-10-11-12-13-14-15-16-19(17-20)18-21/h6-7,9-10,17,19,21H,2-5,8,11-16,18H2,1H3. The van der Waals surface area contributed by atoms with Crippen LogP contribution in [0.5, 0.6) is 0 Å². The van der Waals surface area contributed by atoms with Gasteiger partial charge in [0.2, 0.25) is 0 Å². The van der Waals surface area contributed by atoms with Crippen molar-refractivity contribution < 1.29 is 9.90 Å². The molecule has 0 saturated heterocycles. The summed E-state index contributed by atoms with van der Waals surface area (Å²) in [5, 5.41) is 8.88. The zero-order valence-electron chi connectivity index (χ0n) is 13.8. The first-order valence-electron chi connectivity index (χ1n) is 8.71. The van der Waals surface area contributed by atoms with E-state index in [2.05, 4.69) is 31.2 Å². The highest BCUT2D eigenvalue weighted by atomic mass is 16.3. The molecule has 0 heterocycles. The minimum Gasteiger partial charge on any atom is -0.396 e. The second kappa shape index (κ2) is 17.2. The molecule has 0 spiro atoms. The van der Waals surface area contributed by atoms with Gasteiger partial charge in [-0.25, -0.2) is 0 Å². The Hall–Kier alpha value is -0.890. The second-order valence-corrected chi connectivity index (χ2v) is 5.74. The van der Waals surface area contributed by atoms with Crippen LogP contribution in [0.3, 0.4) is 0 Å². The Balaban J connectivity index is 3.27. The first-order valence-corrected chi connectivity index (χ1v) is 8.71. The van der Waals surface area contributed by atoms with E-state index >= 15 is 0 Å². The molecule has 122 valence electrons. The van der Waals surface area contributed by atoms with Crippen molar-refractivity contribution in [2.75, 3.05) is 6.61 Å². The molecule has 0 radical (unpaired) electrons. The van der Waals surface area contributed by atoms with E-state index in [1.54, 1.807) is 0 Å². The summed E-state index contributed by atoms with van der Waals surface area (Å²) in [6, 6.07) is 0. The van der Waals surface area contributed by atoms with Crippen LogP contribution in [0.15, 0.2) is 24.3 Å². The Bertz CT molecular complexity index is 269. The van der Waals surface area contributed by atoms with Crippen molar-refractivity contribution in [2.45, 2.75) is 77.6 Å². The zero-order valence-corrected chi connectivity index (χ0v) is 13.8. The third-order valence-electron chi connectivity index (χ3n) is 3.70. The summed E-state index contributed by atoms with van der Waals surface area (Å²) in [5.74, 6) is -0.144. The van der Waals surface area contributed by atoms with E-state index in [1.165, 1.54) is 38.5 Å². The number of aldehydes is 1. The lowest BCUT2D eigenvalue weighted by atomic mass is 10.0. The molecule has 0 amide bonds. The van der Waals surface area contributed by atoms with Gasteiger partial charge in [-0.05, 0) is 38.5 Å². The van der Waals surface area contributed by atoms with Crippen LogP contribution in [0.2, 0.25) is 0 Å². The van der Waals surface area contributed by atoms with Crippen molar-refractivity contribution in [1.29, 1.82) is 0 Å². The molecule has 1 atom stereocenters. The molecule has 2 heteroatoms. The van der Waals surface area contributed by atoms with Crippen LogP contribution in [-0.4, -0.2) is 18.0 Å². The number of hydrogen-bond donors (Lipinski definition) is 1. The van der Waals surface area contributed by atoms with Gasteiger partial charge in [0.05, 0.1) is 6.61 Å². The predicted octanol–water partition coefficient (Wildman–Crippen LogP) is 5.22. The van der Waals surface area contributed by atoms with Gasteiger partial charge in [-0.2, -0.15) is 0 Å². The normalized spacial score (nSPS) is 13.2. The van der Waals surface area contributed by atoms with Gasteiger partial charge in [0.1, 0.15) is 6.29 Å². The molecule has 0 aliphatic heterocycles. The molecule has 1 N–H and O–H groups in total. The summed E-state index contributed by atoms with van der Waals surface area (Å²) in [5.41, 5.74) is 0. The lowest BCUT2D eigenvalue weighted by Gasteiger charge is -2.05. The number of rotatable bonds is 15. The van der Waals surface area contributed by atoms with Crippen LogP contribution in [0.4, 0.5) is 0 Å². The first-order chi connectivity index (χ1) is 10.3. The van der Waals surface area contributed by atoms with Gasteiger partial charge in [0, 0.05) is 5.92 Å². The molecule has 2 nitrogen and oxygen atoms in total. The summed E-state index contributed by atoms with van der Waals surface area (Å²) in [7, 11) is 0. The van der Waals surface area contributed by atoms with E-state index in [0.29, 0.717) is 0 Å². The third kappa shape index (κ3) is 15.3. The van der Waals surface area contributed by atoms with Gasteiger partial charge in [-0.15, -0.1) is 0 Å². The fraction of sp³-hybridized carbons (Fsp3) is 0.737. The number of unbranched alkanes of at least 4 members (excludes halogenated alkanes) is 7. The maximum atomic E-state index is 10.5. The van der Waals surface area contributed by atoms with Gasteiger partial charge >= 0.3 is 0 Å². The fourth-order valence-electron chi connectivity index (χ4n) is 2.24. The SMILES string of the molecule is CCCCCC=CCC=CCCCCCCC(C=O)CO. The van der Waals surface area contributed by atoms with Crippen LogP contribution in [-0.2, 0) is 4.79 Å². The van der Waals surface area contributed by atoms with Gasteiger partial charge in [0.15, 0.2) is 0 Å². The van der Waals surface area contributed by atoms with Gasteiger partial charge in [-0.1, -0.05) is 63.3 Å². The van der Waals surface area contributed by atoms with E-state index in [1.807, 2.05) is 0 Å². The van der Waals surface area contributed by atoms with Crippen molar-refractivity contribution in [2.24, 2.45) is 5.92 Å². The lowest BCUT2D eigenvalue weighted by Crippen LogP contribution is -2.06. The zero-order chi connectivity index (χ0) is 15.6. The number of allylic oxidation sites excluding steroid dienone is 4. The Morgan fingerprint density at radius 2 is 1.48 bits per heavy atom. The Labute approximate surface area is 131 Å². The smallest absolute Gasteiger partial charge is 0.125 e. The summed E-state index contributed by atoms with van der Waals surface area (Å²) >= 11 is 0. The van der Waals surface area contributed by atoms with Crippen LogP contribution in [0, 0.1) is 5.92 Å². The summed E-state index contributed by atoms with van der Waals surface area (Å²) in [4.78, 5) is 10.5. The van der Waals surface area contributed by atoms with Crippen molar-refractivity contribution in [3.05, 3.63) is 24.3 Å². The summed E-state index contributed by atoms with van der Waals surface area (Å²) < 4.78 is 0. The summed E-state index contributed by atoms with van der Waals surface area (Å²) in [6.45, 7) is 2.23. The monoisotopic (exact) mass is 294 g/mol. The number of hydrogen-bond acceptors (Lipinski definition) is 2. The van der Waals surface area contributed by atoms with E-state index in [0.717, 1.165) is 38.4 Å². The van der Waals surface area contributed by atoms with Crippen LogP contribution < -0.4 is 0 Å². The molecule has 1 unspecified atom stereocenters. The fourth-order valence-corrected chi connectivity index (χ4v) is 2.24. The molecule has 0 aliphatic rings. The second-order valence-electron chi connectivity index (χ2n) is 5.74. The van der Waals surface area contributed by atoms with E-state index in [9.17, 15) is 4.79 Å². The Morgan fingerprint density at radius 3 is 2.05 bits per heavy atom. The molecule has 0 aromatic carbocycles. The van der Waals surface area contributed by atoms with Crippen molar-refractivity contribution in [1.82, 2.24) is 0 Å². The van der Waals surface area contributed by atoms with E-state index in [4.69, 9.17) is 5.11 Å². The Kier molecular flexibility index (Phi) is 16.4. The molecule has 0 saturated carbocycles. The minimum absolute atomic E-state index is 0.00179. The van der Waals surface area contributed by atoms with Crippen molar-refractivity contribution in [3.63, 3.8) is 0 Å². The van der Waals surface area contributed by atoms with Gasteiger partial charge in [0.25, 0.3) is 0 Å². The number of aliphatic hydroxyl groups is 1. The number of carbonyl (C=O) groups is 1. The third-order valence-corrected chi connectivity index (χ3v) is 3.70. The van der Waals surface area contributed by atoms with E-state index in [-0.39, 0.29) is 12.5 Å². The topological polar surface area (TPSA) is 37.3 Å². The molecular weight excluding hydrogens is 260 g/mol. The van der Waals surface area contributed by atoms with E-state index < -0.39 is 0 Å². The maximum Gasteiger partial charge on any atom is 0.125 e. The van der Waals surface area contributed by atoms with Crippen LogP contribution >= 0.6 is 0 Å². The average Bonchev–Trinajstić information content (AvgIpc) is 2.51. The quantitative estimate of drug-likeness (QED) is 0.255. The molecular formula is C19H34O2. The molecule has 0 aromatic rings. The number of aliphatic hydroxyl groups excluding tert-OH is 1. The molecule has 0 aromatic heterocycles. The molecule has 0 fully saturated rings. The molecule has 0 rings (SSSR count). The number of carbonyl (C=O) groups excluding carboxylic acids is 1. The molecule has 0 aliphatic carbocycles. The highest BCUT2D eigenvalue weighted by molar-refractivity contribution is 5.53. The minimum atomic E-state index is -0.144. The Morgan fingerprint density at radius 1 is 0.857 bits per heavy atom. The maximum absolute atomic E-state index is 10.5. The highest BCUT2D eigenvalue weighted by Gasteiger charge is 2.03. The lowest BCUT2D eigenvalue weighted by molar-refractivity contribution is -0.112. The van der Waals surface area contributed by atoms with Gasteiger partial charge in [-0.3, -0.25) is 0 Å². The van der Waals surface area contributed by atoms with Gasteiger partial charge < -0.3 is 9.90 Å². The van der Waals surface area contributed by atoms with Crippen LogP contribution in [0.25, 0.3) is 0 Å². The first kappa shape index (κ1) is 20.1. The largest absolute Gasteiger partial charge is 0.396 e. The molecule has 21 heavy (non-hydrogen) atoms. The van der Waals surface area contributed by atoms with Crippen LogP contribution in [0.1, 0.15) is 77.6 Å². The molecule has 0 bridgehead atoms. The highest BCUT2D eigenvalue weighted by Crippen LogP contribution is 2.10. The predicted molar refractivity (Wildman–Crippen MR) is 91.4 cm³/mol. The van der Waals surface area contributed by atoms with Crippen molar-refractivity contribution >= 4 is 6.29 Å². The van der Waals surface area contributed by atoms with Crippen molar-refractivity contribution in [3.8, 4) is 0 Å².